The van der Waals surface area contributed by atoms with Gasteiger partial charge in [-0.3, -0.25) is 0 Å². The van der Waals surface area contributed by atoms with Gasteiger partial charge in [-0.05, 0) is 56.0 Å². The lowest BCUT2D eigenvalue weighted by molar-refractivity contribution is 0.122. The smallest absolute Gasteiger partial charge is 0.229 e. The molecule has 8 heteroatoms. The van der Waals surface area contributed by atoms with Crippen LogP contribution in [0.25, 0.3) is 22.3 Å². The van der Waals surface area contributed by atoms with Crippen molar-refractivity contribution in [1.29, 1.82) is 0 Å². The number of pyridine rings is 1. The molecular weight excluding hydrogens is 430 g/mol. The SMILES string of the molecule is CCC1CCCCN1c1nc(N2CCOCC2)c2ccc(-c3ccc(OC)c(CO)c3)nc2n1. The minimum Gasteiger partial charge on any atom is -0.496 e. The lowest BCUT2D eigenvalue weighted by atomic mass is 10.0. The van der Waals surface area contributed by atoms with Crippen molar-refractivity contribution in [3.8, 4) is 17.0 Å². The molecule has 2 aliphatic heterocycles. The molecule has 0 bridgehead atoms. The van der Waals surface area contributed by atoms with Gasteiger partial charge in [-0.15, -0.1) is 0 Å². The van der Waals surface area contributed by atoms with Gasteiger partial charge in [0.05, 0.1) is 38.0 Å². The van der Waals surface area contributed by atoms with Gasteiger partial charge >= 0.3 is 0 Å². The minimum atomic E-state index is -0.0918. The molecule has 8 nitrogen and oxygen atoms in total. The first-order valence-electron chi connectivity index (χ1n) is 12.3. The minimum absolute atomic E-state index is 0.0918. The summed E-state index contributed by atoms with van der Waals surface area (Å²) in [5, 5.41) is 10.7. The summed E-state index contributed by atoms with van der Waals surface area (Å²) in [6, 6.07) is 10.3. The fourth-order valence-electron chi connectivity index (χ4n) is 5.04. The highest BCUT2D eigenvalue weighted by molar-refractivity contribution is 5.90. The Bertz CT molecular complexity index is 1150. The molecule has 34 heavy (non-hydrogen) atoms. The van der Waals surface area contributed by atoms with E-state index in [4.69, 9.17) is 24.4 Å². The van der Waals surface area contributed by atoms with Crippen LogP contribution in [-0.4, -0.2) is 66.1 Å². The summed E-state index contributed by atoms with van der Waals surface area (Å²) in [5.74, 6) is 2.38. The molecule has 1 N–H and O–H groups in total. The van der Waals surface area contributed by atoms with Crippen LogP contribution in [0.1, 0.15) is 38.2 Å². The number of rotatable bonds is 6. The van der Waals surface area contributed by atoms with Crippen LogP contribution in [0.5, 0.6) is 5.75 Å². The third-order valence-electron chi connectivity index (χ3n) is 6.94. The van der Waals surface area contributed by atoms with E-state index >= 15 is 0 Å². The van der Waals surface area contributed by atoms with E-state index in [-0.39, 0.29) is 6.61 Å². The van der Waals surface area contributed by atoms with E-state index in [0.717, 1.165) is 66.4 Å². The molecule has 0 amide bonds. The Morgan fingerprint density at radius 1 is 1.06 bits per heavy atom. The van der Waals surface area contributed by atoms with Crippen LogP contribution in [0.2, 0.25) is 0 Å². The van der Waals surface area contributed by atoms with Gasteiger partial charge in [0, 0.05) is 36.8 Å². The molecule has 0 aliphatic carbocycles. The Hall–Kier alpha value is -2.97. The molecular formula is C26H33N5O3. The molecule has 2 saturated heterocycles. The number of benzene rings is 1. The van der Waals surface area contributed by atoms with Gasteiger partial charge in [-0.1, -0.05) is 6.92 Å². The van der Waals surface area contributed by atoms with Crippen molar-refractivity contribution in [2.45, 2.75) is 45.3 Å². The number of methoxy groups -OCH3 is 1. The van der Waals surface area contributed by atoms with E-state index in [1.165, 1.54) is 12.8 Å². The first kappa shape index (κ1) is 22.8. The van der Waals surface area contributed by atoms with E-state index in [0.29, 0.717) is 30.7 Å². The van der Waals surface area contributed by atoms with E-state index in [1.807, 2.05) is 24.3 Å². The summed E-state index contributed by atoms with van der Waals surface area (Å²) in [6.45, 7) is 6.14. The van der Waals surface area contributed by atoms with E-state index < -0.39 is 0 Å². The molecule has 1 atom stereocenters. The molecule has 2 aromatic heterocycles. The van der Waals surface area contributed by atoms with E-state index in [2.05, 4.69) is 22.8 Å². The number of fused-ring (bicyclic) bond motifs is 1. The Labute approximate surface area is 200 Å². The molecule has 1 aromatic carbocycles. The van der Waals surface area contributed by atoms with E-state index in [1.54, 1.807) is 7.11 Å². The average molecular weight is 464 g/mol. The third-order valence-corrected chi connectivity index (χ3v) is 6.94. The van der Waals surface area contributed by atoms with Crippen molar-refractivity contribution >= 4 is 22.8 Å². The van der Waals surface area contributed by atoms with Crippen LogP contribution >= 0.6 is 0 Å². The Morgan fingerprint density at radius 2 is 1.91 bits per heavy atom. The number of morpholine rings is 1. The maximum atomic E-state index is 9.76. The van der Waals surface area contributed by atoms with Crippen LogP contribution in [0.15, 0.2) is 30.3 Å². The van der Waals surface area contributed by atoms with Crippen LogP contribution < -0.4 is 14.5 Å². The Morgan fingerprint density at radius 3 is 2.68 bits per heavy atom. The zero-order chi connectivity index (χ0) is 23.5. The fourth-order valence-corrected chi connectivity index (χ4v) is 5.04. The van der Waals surface area contributed by atoms with Crippen molar-refractivity contribution in [3.05, 3.63) is 35.9 Å². The number of aliphatic hydroxyl groups excluding tert-OH is 1. The van der Waals surface area contributed by atoms with Gasteiger partial charge in [0.15, 0.2) is 5.65 Å². The Kier molecular flexibility index (Phi) is 6.78. The maximum Gasteiger partial charge on any atom is 0.229 e. The van der Waals surface area contributed by atoms with E-state index in [9.17, 15) is 5.11 Å². The van der Waals surface area contributed by atoms with Gasteiger partial charge in [-0.25, -0.2) is 4.98 Å². The number of nitrogens with zero attached hydrogens (tertiary/aromatic N) is 5. The number of aliphatic hydroxyl groups is 1. The molecule has 2 aliphatic rings. The first-order chi connectivity index (χ1) is 16.7. The number of piperidine rings is 1. The molecule has 3 aromatic rings. The van der Waals surface area contributed by atoms with Crippen molar-refractivity contribution in [3.63, 3.8) is 0 Å². The highest BCUT2D eigenvalue weighted by Gasteiger charge is 2.26. The molecule has 0 saturated carbocycles. The Balaban J connectivity index is 1.62. The lowest BCUT2D eigenvalue weighted by Crippen LogP contribution is -2.41. The van der Waals surface area contributed by atoms with Crippen molar-refractivity contribution in [1.82, 2.24) is 15.0 Å². The number of hydrogen-bond acceptors (Lipinski definition) is 8. The summed E-state index contributed by atoms with van der Waals surface area (Å²) in [4.78, 5) is 19.7. The zero-order valence-corrected chi connectivity index (χ0v) is 20.0. The second kappa shape index (κ2) is 10.1. The van der Waals surface area contributed by atoms with Gasteiger partial charge in [0.2, 0.25) is 5.95 Å². The molecule has 180 valence electrons. The topological polar surface area (TPSA) is 83.8 Å². The van der Waals surface area contributed by atoms with Gasteiger partial charge in [0.1, 0.15) is 11.6 Å². The van der Waals surface area contributed by atoms with Gasteiger partial charge in [0.25, 0.3) is 0 Å². The average Bonchev–Trinajstić information content (AvgIpc) is 2.92. The summed E-state index contributed by atoms with van der Waals surface area (Å²) in [7, 11) is 1.61. The monoisotopic (exact) mass is 463 g/mol. The molecule has 5 rings (SSSR count). The lowest BCUT2D eigenvalue weighted by Gasteiger charge is -2.36. The van der Waals surface area contributed by atoms with Crippen LogP contribution in [0.3, 0.4) is 0 Å². The molecule has 4 heterocycles. The highest BCUT2D eigenvalue weighted by atomic mass is 16.5. The summed E-state index contributed by atoms with van der Waals surface area (Å²) in [5.41, 5.74) is 3.17. The predicted octanol–water partition coefficient (Wildman–Crippen LogP) is 3.80. The predicted molar refractivity (Wildman–Crippen MR) is 134 cm³/mol. The van der Waals surface area contributed by atoms with Crippen LogP contribution in [0, 0.1) is 0 Å². The third kappa shape index (κ3) is 4.40. The summed E-state index contributed by atoms with van der Waals surface area (Å²) >= 11 is 0. The standard InChI is InChI=1S/C26H33N5O3/c1-3-20-6-4-5-11-31(20)26-28-24-21(25(29-26)30-12-14-34-15-13-30)8-9-22(27-24)18-7-10-23(33-2)19(16-18)17-32/h7-10,16,20,32H,3-6,11-15,17H2,1-2H3. The number of ether oxygens (including phenoxy) is 2. The molecule has 0 spiro atoms. The van der Waals surface area contributed by atoms with Crippen LogP contribution in [0.4, 0.5) is 11.8 Å². The quantitative estimate of drug-likeness (QED) is 0.591. The molecule has 0 radical (unpaired) electrons. The largest absolute Gasteiger partial charge is 0.496 e. The van der Waals surface area contributed by atoms with Crippen molar-refractivity contribution < 1.29 is 14.6 Å². The highest BCUT2D eigenvalue weighted by Crippen LogP contribution is 2.32. The number of hydrogen-bond donors (Lipinski definition) is 1. The summed E-state index contributed by atoms with van der Waals surface area (Å²) < 4.78 is 11.0. The van der Waals surface area contributed by atoms with Crippen LogP contribution in [-0.2, 0) is 11.3 Å². The molecule has 1 unspecified atom stereocenters. The van der Waals surface area contributed by atoms with Crippen molar-refractivity contribution in [2.24, 2.45) is 0 Å². The number of anilines is 2. The fraction of sp³-hybridized carbons (Fsp3) is 0.500. The number of aromatic nitrogens is 3. The molecule has 2 fully saturated rings. The summed E-state index contributed by atoms with van der Waals surface area (Å²) in [6.07, 6.45) is 4.67. The van der Waals surface area contributed by atoms with Crippen molar-refractivity contribution in [2.75, 3.05) is 49.8 Å². The second-order valence-electron chi connectivity index (χ2n) is 8.95. The van der Waals surface area contributed by atoms with Gasteiger partial charge in [-0.2, -0.15) is 9.97 Å². The normalized spacial score (nSPS) is 19.0. The zero-order valence-electron chi connectivity index (χ0n) is 20.0. The first-order valence-corrected chi connectivity index (χ1v) is 12.3. The maximum absolute atomic E-state index is 9.76. The van der Waals surface area contributed by atoms with Gasteiger partial charge < -0.3 is 24.4 Å². The second-order valence-corrected chi connectivity index (χ2v) is 8.95.